The van der Waals surface area contributed by atoms with Gasteiger partial charge < -0.3 is 5.32 Å². The van der Waals surface area contributed by atoms with E-state index in [-0.39, 0.29) is 0 Å². The van der Waals surface area contributed by atoms with Crippen molar-refractivity contribution in [2.45, 2.75) is 38.0 Å². The Kier molecular flexibility index (Phi) is 6.04. The van der Waals surface area contributed by atoms with Crippen LogP contribution in [-0.2, 0) is 6.42 Å². The molecule has 0 aromatic heterocycles. The molecule has 0 amide bonds. The number of hydrogen-bond acceptors (Lipinski definition) is 2. The molecule has 0 aliphatic carbocycles. The number of benzene rings is 1. The van der Waals surface area contributed by atoms with E-state index in [2.05, 4.69) is 66.3 Å². The van der Waals surface area contributed by atoms with Gasteiger partial charge in [-0.25, -0.2) is 0 Å². The third-order valence-corrected chi connectivity index (χ3v) is 4.43. The van der Waals surface area contributed by atoms with E-state index in [9.17, 15) is 0 Å². The van der Waals surface area contributed by atoms with Crippen LogP contribution in [0.15, 0.2) is 28.7 Å². The molecule has 0 radical (unpaired) electrons. The summed E-state index contributed by atoms with van der Waals surface area (Å²) >= 11 is 5.53. The van der Waals surface area contributed by atoms with Gasteiger partial charge in [0, 0.05) is 21.0 Å². The zero-order valence-electron chi connectivity index (χ0n) is 11.1. The van der Waals surface area contributed by atoms with Crippen LogP contribution in [0.3, 0.4) is 0 Å². The highest BCUT2D eigenvalue weighted by Gasteiger charge is 2.15. The first-order valence-electron chi connectivity index (χ1n) is 5.96. The van der Waals surface area contributed by atoms with Crippen molar-refractivity contribution in [3.05, 3.63) is 34.3 Å². The van der Waals surface area contributed by atoms with Gasteiger partial charge in [0.25, 0.3) is 0 Å². The smallest absolute Gasteiger partial charge is 0.0195 e. The minimum atomic E-state index is 0.340. The van der Waals surface area contributed by atoms with Crippen LogP contribution in [0.5, 0.6) is 0 Å². The number of rotatable bonds is 5. The minimum absolute atomic E-state index is 0.340. The summed E-state index contributed by atoms with van der Waals surface area (Å²) in [4.78, 5) is 0. The molecule has 1 unspecified atom stereocenters. The first-order chi connectivity index (χ1) is 7.90. The second-order valence-corrected chi connectivity index (χ2v) is 8.01. The summed E-state index contributed by atoms with van der Waals surface area (Å²) in [5.41, 5.74) is 1.38. The molecular formula is C14H22BrNS. The molecule has 0 saturated carbocycles. The normalized spacial score (nSPS) is 13.7. The molecule has 0 fully saturated rings. The molecule has 0 aliphatic rings. The Bertz CT molecular complexity index is 346. The zero-order chi connectivity index (χ0) is 12.9. The predicted molar refractivity (Wildman–Crippen MR) is 82.9 cm³/mol. The number of hydrogen-bond donors (Lipinski definition) is 1. The Balaban J connectivity index is 2.52. The monoisotopic (exact) mass is 315 g/mol. The number of nitrogens with one attached hydrogen (secondary N) is 1. The lowest BCUT2D eigenvalue weighted by atomic mass is 10.1. The van der Waals surface area contributed by atoms with Crippen molar-refractivity contribution in [3.8, 4) is 0 Å². The van der Waals surface area contributed by atoms with Crippen molar-refractivity contribution in [1.82, 2.24) is 5.32 Å². The van der Waals surface area contributed by atoms with E-state index in [0.29, 0.717) is 10.8 Å². The maximum atomic E-state index is 3.52. The Hall–Kier alpha value is 0.01000. The lowest BCUT2D eigenvalue weighted by Crippen LogP contribution is -2.31. The first-order valence-corrected chi connectivity index (χ1v) is 7.74. The van der Waals surface area contributed by atoms with Crippen molar-refractivity contribution in [3.63, 3.8) is 0 Å². The topological polar surface area (TPSA) is 12.0 Å². The highest BCUT2D eigenvalue weighted by Crippen LogP contribution is 2.24. The molecule has 1 aromatic carbocycles. The van der Waals surface area contributed by atoms with E-state index in [1.807, 2.05) is 18.8 Å². The fraction of sp³-hybridized carbons (Fsp3) is 0.571. The van der Waals surface area contributed by atoms with E-state index >= 15 is 0 Å². The Morgan fingerprint density at radius 3 is 2.59 bits per heavy atom. The third kappa shape index (κ3) is 6.49. The molecule has 0 bridgehead atoms. The molecule has 0 saturated heterocycles. The summed E-state index contributed by atoms with van der Waals surface area (Å²) in [6.07, 6.45) is 1.08. The maximum Gasteiger partial charge on any atom is 0.0195 e. The second kappa shape index (κ2) is 6.81. The van der Waals surface area contributed by atoms with Crippen LogP contribution >= 0.6 is 27.7 Å². The maximum absolute atomic E-state index is 3.52. The Morgan fingerprint density at radius 1 is 1.35 bits per heavy atom. The third-order valence-electron chi connectivity index (χ3n) is 2.50. The van der Waals surface area contributed by atoms with Crippen molar-refractivity contribution < 1.29 is 0 Å². The van der Waals surface area contributed by atoms with E-state index in [1.54, 1.807) is 0 Å². The Morgan fingerprint density at radius 2 is 2.06 bits per heavy atom. The Labute approximate surface area is 118 Å². The predicted octanol–water partition coefficient (Wildman–Crippen LogP) is 4.11. The SMILES string of the molecule is CNC(CSC(C)(C)C)Cc1cccc(Br)c1. The van der Waals surface area contributed by atoms with Crippen LogP contribution < -0.4 is 5.32 Å². The molecule has 1 nitrogen and oxygen atoms in total. The van der Waals surface area contributed by atoms with Gasteiger partial charge in [0.2, 0.25) is 0 Å². The van der Waals surface area contributed by atoms with Crippen LogP contribution in [0.25, 0.3) is 0 Å². The van der Waals surface area contributed by atoms with Crippen molar-refractivity contribution in [2.75, 3.05) is 12.8 Å². The van der Waals surface area contributed by atoms with Gasteiger partial charge in [-0.3, -0.25) is 0 Å². The van der Waals surface area contributed by atoms with Crippen LogP contribution in [0.4, 0.5) is 0 Å². The second-order valence-electron chi connectivity index (χ2n) is 5.24. The minimum Gasteiger partial charge on any atom is -0.316 e. The van der Waals surface area contributed by atoms with Gasteiger partial charge >= 0.3 is 0 Å². The van der Waals surface area contributed by atoms with Crippen molar-refractivity contribution in [2.24, 2.45) is 0 Å². The van der Waals surface area contributed by atoms with Gasteiger partial charge in [-0.1, -0.05) is 48.8 Å². The average Bonchev–Trinajstić information content (AvgIpc) is 2.23. The highest BCUT2D eigenvalue weighted by atomic mass is 79.9. The van der Waals surface area contributed by atoms with E-state index in [0.717, 1.165) is 16.6 Å². The van der Waals surface area contributed by atoms with Crippen LogP contribution in [0.1, 0.15) is 26.3 Å². The quantitative estimate of drug-likeness (QED) is 0.877. The van der Waals surface area contributed by atoms with Gasteiger partial charge in [-0.05, 0) is 31.2 Å². The molecule has 96 valence electrons. The van der Waals surface area contributed by atoms with Crippen LogP contribution in [0.2, 0.25) is 0 Å². The van der Waals surface area contributed by atoms with Gasteiger partial charge in [0.1, 0.15) is 0 Å². The summed E-state index contributed by atoms with van der Waals surface area (Å²) in [7, 11) is 2.05. The molecule has 1 aromatic rings. The van der Waals surface area contributed by atoms with Crippen molar-refractivity contribution in [1.29, 1.82) is 0 Å². The van der Waals surface area contributed by atoms with Gasteiger partial charge in [-0.2, -0.15) is 11.8 Å². The lowest BCUT2D eigenvalue weighted by Gasteiger charge is -2.22. The summed E-state index contributed by atoms with van der Waals surface area (Å²) < 4.78 is 1.50. The molecule has 0 heterocycles. The molecule has 1 rings (SSSR count). The molecule has 1 N–H and O–H groups in total. The fourth-order valence-electron chi connectivity index (χ4n) is 1.54. The number of thioether (sulfide) groups is 1. The number of likely N-dealkylation sites (N-methyl/N-ethyl adjacent to an activating group) is 1. The molecule has 3 heteroatoms. The number of halogens is 1. The standard InChI is InChI=1S/C14H22BrNS/c1-14(2,3)17-10-13(16-4)9-11-6-5-7-12(15)8-11/h5-8,13,16H,9-10H2,1-4H3. The average molecular weight is 316 g/mol. The molecular weight excluding hydrogens is 294 g/mol. The van der Waals surface area contributed by atoms with E-state index < -0.39 is 0 Å². The van der Waals surface area contributed by atoms with Crippen LogP contribution in [0, 0.1) is 0 Å². The largest absolute Gasteiger partial charge is 0.316 e. The summed E-state index contributed by atoms with van der Waals surface area (Å²) in [5, 5.41) is 3.41. The molecule has 0 aliphatic heterocycles. The highest BCUT2D eigenvalue weighted by molar-refractivity contribution is 9.10. The lowest BCUT2D eigenvalue weighted by molar-refractivity contribution is 0.613. The van der Waals surface area contributed by atoms with Crippen molar-refractivity contribution >= 4 is 27.7 Å². The van der Waals surface area contributed by atoms with Gasteiger partial charge in [0.05, 0.1) is 0 Å². The zero-order valence-corrected chi connectivity index (χ0v) is 13.5. The first kappa shape index (κ1) is 15.1. The molecule has 1 atom stereocenters. The summed E-state index contributed by atoms with van der Waals surface area (Å²) in [5.74, 6) is 1.15. The molecule has 0 spiro atoms. The van der Waals surface area contributed by atoms with Crippen LogP contribution in [-0.4, -0.2) is 23.6 Å². The molecule has 17 heavy (non-hydrogen) atoms. The van der Waals surface area contributed by atoms with Gasteiger partial charge in [0.15, 0.2) is 0 Å². The van der Waals surface area contributed by atoms with E-state index in [4.69, 9.17) is 0 Å². The van der Waals surface area contributed by atoms with E-state index in [1.165, 1.54) is 5.56 Å². The van der Waals surface area contributed by atoms with Gasteiger partial charge in [-0.15, -0.1) is 0 Å². The summed E-state index contributed by atoms with van der Waals surface area (Å²) in [6, 6.07) is 9.10. The summed E-state index contributed by atoms with van der Waals surface area (Å²) in [6.45, 7) is 6.80. The fourth-order valence-corrected chi connectivity index (χ4v) is 2.98.